The van der Waals surface area contributed by atoms with Crippen LogP contribution in [-0.4, -0.2) is 17.3 Å². The van der Waals surface area contributed by atoms with Crippen LogP contribution < -0.4 is 10.5 Å². The molecule has 0 amide bonds. The Morgan fingerprint density at radius 2 is 2.06 bits per heavy atom. The lowest BCUT2D eigenvalue weighted by molar-refractivity contribution is 0.414. The SMILES string of the molecule is COc1cc(-c2cn[nH]c2N)cc(C(C)C)c1. The first-order valence-corrected chi connectivity index (χ1v) is 5.60. The van der Waals surface area contributed by atoms with Gasteiger partial charge in [0.05, 0.1) is 13.3 Å². The van der Waals surface area contributed by atoms with E-state index in [1.54, 1.807) is 13.3 Å². The molecule has 0 spiro atoms. The van der Waals surface area contributed by atoms with Gasteiger partial charge in [-0.3, -0.25) is 5.10 Å². The Balaban J connectivity index is 2.54. The van der Waals surface area contributed by atoms with E-state index in [-0.39, 0.29) is 0 Å². The maximum atomic E-state index is 5.83. The van der Waals surface area contributed by atoms with E-state index in [2.05, 4.69) is 30.1 Å². The molecule has 4 nitrogen and oxygen atoms in total. The number of H-pyrrole nitrogens is 1. The van der Waals surface area contributed by atoms with Crippen molar-refractivity contribution in [2.24, 2.45) is 0 Å². The molecule has 0 aliphatic rings. The van der Waals surface area contributed by atoms with Gasteiger partial charge in [0.25, 0.3) is 0 Å². The zero-order chi connectivity index (χ0) is 12.4. The predicted molar refractivity (Wildman–Crippen MR) is 69.1 cm³/mol. The largest absolute Gasteiger partial charge is 0.497 e. The van der Waals surface area contributed by atoms with E-state index in [1.165, 1.54) is 5.56 Å². The van der Waals surface area contributed by atoms with Gasteiger partial charge in [0.2, 0.25) is 0 Å². The molecule has 0 fully saturated rings. The first kappa shape index (κ1) is 11.5. The summed E-state index contributed by atoms with van der Waals surface area (Å²) < 4.78 is 5.31. The molecule has 3 N–H and O–H groups in total. The average molecular weight is 231 g/mol. The third-order valence-electron chi connectivity index (χ3n) is 2.81. The zero-order valence-corrected chi connectivity index (χ0v) is 10.3. The van der Waals surface area contributed by atoms with Crippen molar-refractivity contribution in [3.05, 3.63) is 30.0 Å². The van der Waals surface area contributed by atoms with Crippen molar-refractivity contribution in [3.8, 4) is 16.9 Å². The number of ether oxygens (including phenoxy) is 1. The number of methoxy groups -OCH3 is 1. The van der Waals surface area contributed by atoms with Crippen LogP contribution >= 0.6 is 0 Å². The van der Waals surface area contributed by atoms with Gasteiger partial charge in [-0.1, -0.05) is 19.9 Å². The van der Waals surface area contributed by atoms with Gasteiger partial charge < -0.3 is 10.5 Å². The second-order valence-electron chi connectivity index (χ2n) is 4.35. The Hall–Kier alpha value is -1.97. The van der Waals surface area contributed by atoms with Gasteiger partial charge >= 0.3 is 0 Å². The monoisotopic (exact) mass is 231 g/mol. The Labute approximate surface area is 101 Å². The standard InChI is InChI=1S/C13H17N3O/c1-8(2)9-4-10(6-11(5-9)17-3)12-7-15-16-13(12)14/h4-8H,1-3H3,(H3,14,15,16). The van der Waals surface area contributed by atoms with E-state index in [9.17, 15) is 0 Å². The minimum absolute atomic E-state index is 0.442. The third kappa shape index (κ3) is 2.25. The van der Waals surface area contributed by atoms with E-state index in [4.69, 9.17) is 10.5 Å². The molecule has 1 aromatic heterocycles. The third-order valence-corrected chi connectivity index (χ3v) is 2.81. The number of hydrogen-bond acceptors (Lipinski definition) is 3. The van der Waals surface area contributed by atoms with Crippen molar-refractivity contribution < 1.29 is 4.74 Å². The Bertz CT molecular complexity index is 517. The van der Waals surface area contributed by atoms with Crippen molar-refractivity contribution in [3.63, 3.8) is 0 Å². The topological polar surface area (TPSA) is 63.9 Å². The molecule has 0 saturated carbocycles. The highest BCUT2D eigenvalue weighted by atomic mass is 16.5. The maximum Gasteiger partial charge on any atom is 0.126 e. The van der Waals surface area contributed by atoms with Gasteiger partial charge in [-0.2, -0.15) is 5.10 Å². The van der Waals surface area contributed by atoms with Crippen LogP contribution in [0, 0.1) is 0 Å². The molecule has 0 atom stereocenters. The van der Waals surface area contributed by atoms with Gasteiger partial charge in [-0.25, -0.2) is 0 Å². The Morgan fingerprint density at radius 3 is 2.59 bits per heavy atom. The summed E-state index contributed by atoms with van der Waals surface area (Å²) in [5.41, 5.74) is 8.99. The smallest absolute Gasteiger partial charge is 0.126 e. The summed E-state index contributed by atoms with van der Waals surface area (Å²) in [6.07, 6.45) is 1.73. The summed E-state index contributed by atoms with van der Waals surface area (Å²) in [6, 6.07) is 6.13. The first-order chi connectivity index (χ1) is 8.11. The van der Waals surface area contributed by atoms with Crippen molar-refractivity contribution in [1.82, 2.24) is 10.2 Å². The molecule has 1 aromatic carbocycles. The van der Waals surface area contributed by atoms with Crippen LogP contribution in [0.3, 0.4) is 0 Å². The molecule has 90 valence electrons. The summed E-state index contributed by atoms with van der Waals surface area (Å²) >= 11 is 0. The van der Waals surface area contributed by atoms with Crippen LogP contribution in [0.2, 0.25) is 0 Å². The minimum Gasteiger partial charge on any atom is -0.497 e. The summed E-state index contributed by atoms with van der Waals surface area (Å²) in [4.78, 5) is 0. The molecular weight excluding hydrogens is 214 g/mol. The highest BCUT2D eigenvalue weighted by molar-refractivity contribution is 5.74. The molecule has 0 radical (unpaired) electrons. The number of nitrogens with one attached hydrogen (secondary N) is 1. The lowest BCUT2D eigenvalue weighted by atomic mass is 9.98. The van der Waals surface area contributed by atoms with Crippen molar-refractivity contribution in [1.29, 1.82) is 0 Å². The molecule has 2 aromatic rings. The molecule has 0 bridgehead atoms. The lowest BCUT2D eigenvalue weighted by Crippen LogP contribution is -1.93. The zero-order valence-electron chi connectivity index (χ0n) is 10.3. The Kier molecular flexibility index (Phi) is 3.04. The van der Waals surface area contributed by atoms with Gasteiger partial charge in [0, 0.05) is 5.56 Å². The minimum atomic E-state index is 0.442. The number of nitrogens with zero attached hydrogens (tertiary/aromatic N) is 1. The molecule has 0 saturated heterocycles. The van der Waals surface area contributed by atoms with E-state index in [0.29, 0.717) is 11.7 Å². The first-order valence-electron chi connectivity index (χ1n) is 5.60. The number of rotatable bonds is 3. The molecule has 0 aliphatic carbocycles. The number of anilines is 1. The summed E-state index contributed by atoms with van der Waals surface area (Å²) in [7, 11) is 1.67. The summed E-state index contributed by atoms with van der Waals surface area (Å²) in [6.45, 7) is 4.30. The number of hydrogen-bond donors (Lipinski definition) is 2. The van der Waals surface area contributed by atoms with Crippen molar-refractivity contribution in [2.75, 3.05) is 12.8 Å². The molecule has 2 rings (SSSR count). The second kappa shape index (κ2) is 4.49. The Morgan fingerprint density at radius 1 is 1.29 bits per heavy atom. The van der Waals surface area contributed by atoms with Crippen LogP contribution in [0.5, 0.6) is 5.75 Å². The van der Waals surface area contributed by atoms with E-state index in [1.807, 2.05) is 12.1 Å². The van der Waals surface area contributed by atoms with Crippen LogP contribution in [0.15, 0.2) is 24.4 Å². The van der Waals surface area contributed by atoms with Gasteiger partial charge in [-0.05, 0) is 29.2 Å². The van der Waals surface area contributed by atoms with Gasteiger partial charge in [-0.15, -0.1) is 0 Å². The number of nitrogens with two attached hydrogens (primary N) is 1. The van der Waals surface area contributed by atoms with Crippen LogP contribution in [0.1, 0.15) is 25.3 Å². The molecule has 4 heteroatoms. The molecule has 1 heterocycles. The average Bonchev–Trinajstić information content (AvgIpc) is 2.74. The van der Waals surface area contributed by atoms with Crippen LogP contribution in [-0.2, 0) is 0 Å². The quantitative estimate of drug-likeness (QED) is 0.853. The van der Waals surface area contributed by atoms with E-state index < -0.39 is 0 Å². The normalized spacial score (nSPS) is 10.8. The lowest BCUT2D eigenvalue weighted by Gasteiger charge is -2.11. The van der Waals surface area contributed by atoms with E-state index in [0.717, 1.165) is 16.9 Å². The maximum absolute atomic E-state index is 5.83. The van der Waals surface area contributed by atoms with Gasteiger partial charge in [0.1, 0.15) is 11.6 Å². The number of benzene rings is 1. The van der Waals surface area contributed by atoms with Crippen molar-refractivity contribution >= 4 is 5.82 Å². The van der Waals surface area contributed by atoms with Crippen molar-refractivity contribution in [2.45, 2.75) is 19.8 Å². The predicted octanol–water partition coefficient (Wildman–Crippen LogP) is 2.79. The molecule has 17 heavy (non-hydrogen) atoms. The highest BCUT2D eigenvalue weighted by Gasteiger charge is 2.09. The van der Waals surface area contributed by atoms with E-state index >= 15 is 0 Å². The van der Waals surface area contributed by atoms with Gasteiger partial charge in [0.15, 0.2) is 0 Å². The highest BCUT2D eigenvalue weighted by Crippen LogP contribution is 2.31. The fourth-order valence-electron chi connectivity index (χ4n) is 1.75. The fourth-order valence-corrected chi connectivity index (χ4v) is 1.75. The number of nitrogen functional groups attached to an aromatic ring is 1. The number of aromatic nitrogens is 2. The van der Waals surface area contributed by atoms with Crippen LogP contribution in [0.25, 0.3) is 11.1 Å². The summed E-state index contributed by atoms with van der Waals surface area (Å²) in [5, 5.41) is 6.68. The number of aromatic amines is 1. The second-order valence-corrected chi connectivity index (χ2v) is 4.35. The fraction of sp³-hybridized carbons (Fsp3) is 0.308. The van der Waals surface area contributed by atoms with Crippen LogP contribution in [0.4, 0.5) is 5.82 Å². The molecular formula is C13H17N3O. The molecule has 0 aliphatic heterocycles. The molecule has 0 unspecified atom stereocenters. The summed E-state index contributed by atoms with van der Waals surface area (Å²) in [5.74, 6) is 1.86.